The van der Waals surface area contributed by atoms with E-state index in [2.05, 4.69) is 26.1 Å². The molecule has 0 radical (unpaired) electrons. The molecule has 0 unspecified atom stereocenters. The van der Waals surface area contributed by atoms with Crippen LogP contribution in [0.3, 0.4) is 0 Å². The van der Waals surface area contributed by atoms with Crippen molar-refractivity contribution in [1.82, 2.24) is 15.1 Å². The molecular weight excluding hydrogens is 501 g/mol. The van der Waals surface area contributed by atoms with Crippen molar-refractivity contribution in [2.24, 2.45) is 0 Å². The number of nitrogens with one attached hydrogen (secondary N) is 1. The molecule has 0 atom stereocenters. The number of carbonyl (C=O) groups excluding carboxylic acids is 2. The van der Waals surface area contributed by atoms with Gasteiger partial charge >= 0.3 is 12.1 Å². The summed E-state index contributed by atoms with van der Waals surface area (Å²) in [5.41, 5.74) is -1.31. The molecule has 0 bridgehead atoms. The van der Waals surface area contributed by atoms with Crippen LogP contribution in [-0.4, -0.2) is 59.1 Å². The van der Waals surface area contributed by atoms with Crippen molar-refractivity contribution in [1.29, 1.82) is 0 Å². The summed E-state index contributed by atoms with van der Waals surface area (Å²) in [6.45, 7) is 6.11. The van der Waals surface area contributed by atoms with Gasteiger partial charge in [-0.25, -0.2) is 19.1 Å². The smallest absolute Gasteiger partial charge is 0.410 e. The van der Waals surface area contributed by atoms with Crippen LogP contribution in [0, 0.1) is 5.82 Å². The number of benzene rings is 1. The van der Waals surface area contributed by atoms with Gasteiger partial charge in [0.2, 0.25) is 5.69 Å². The lowest BCUT2D eigenvalue weighted by atomic mass is 10.0. The van der Waals surface area contributed by atoms with E-state index < -0.39 is 35.1 Å². The zero-order valence-corrected chi connectivity index (χ0v) is 20.3. The Balaban J connectivity index is 1.90. The van der Waals surface area contributed by atoms with E-state index in [9.17, 15) is 18.8 Å². The first kappa shape index (κ1) is 24.7. The zero-order chi connectivity index (χ0) is 24.3. The zero-order valence-electron chi connectivity index (χ0n) is 18.7. The van der Waals surface area contributed by atoms with Gasteiger partial charge in [0.1, 0.15) is 17.5 Å². The van der Waals surface area contributed by atoms with Gasteiger partial charge in [0.05, 0.1) is 17.1 Å². The number of ether oxygens (including phenoxy) is 3. The normalized spacial score (nSPS) is 14.7. The number of carbonyl (C=O) groups is 2. The molecule has 1 aliphatic heterocycles. The van der Waals surface area contributed by atoms with E-state index in [0.29, 0.717) is 25.9 Å². The molecule has 1 N–H and O–H groups in total. The van der Waals surface area contributed by atoms with Gasteiger partial charge in [-0.05, 0) is 54.4 Å². The maximum absolute atomic E-state index is 14.2. The van der Waals surface area contributed by atoms with Gasteiger partial charge < -0.3 is 19.1 Å². The number of piperidine rings is 1. The molecule has 2 heterocycles. The van der Waals surface area contributed by atoms with E-state index in [1.807, 2.05) is 0 Å². The summed E-state index contributed by atoms with van der Waals surface area (Å²) in [4.78, 5) is 38.9. The maximum Gasteiger partial charge on any atom is 0.410 e. The number of amides is 1. The highest BCUT2D eigenvalue weighted by Crippen LogP contribution is 2.33. The van der Waals surface area contributed by atoms with E-state index in [1.54, 1.807) is 25.7 Å². The molecule has 1 aromatic carbocycles. The van der Waals surface area contributed by atoms with Crippen molar-refractivity contribution >= 4 is 28.0 Å². The van der Waals surface area contributed by atoms with E-state index in [4.69, 9.17) is 14.2 Å². The second kappa shape index (κ2) is 9.90. The SMILES string of the molecule is COC(=O)c1n[nH]c(=O)c(-c2ccc(Br)c(F)c2)c1OC1CCN(C(=O)OC(C)(C)C)CC1. The number of likely N-dealkylation sites (tertiary alicyclic amines) is 1. The van der Waals surface area contributed by atoms with Gasteiger partial charge in [0.15, 0.2) is 5.75 Å². The number of rotatable bonds is 4. The molecule has 1 aliphatic rings. The van der Waals surface area contributed by atoms with Crippen LogP contribution >= 0.6 is 15.9 Å². The number of hydrogen-bond acceptors (Lipinski definition) is 7. The third kappa shape index (κ3) is 5.89. The Hall–Kier alpha value is -2.95. The number of H-pyrrole nitrogens is 1. The molecule has 0 saturated carbocycles. The molecule has 2 aromatic rings. The number of nitrogens with zero attached hydrogens (tertiary/aromatic N) is 2. The summed E-state index contributed by atoms with van der Waals surface area (Å²) in [6, 6.07) is 4.13. The molecule has 178 valence electrons. The predicted molar refractivity (Wildman–Crippen MR) is 121 cm³/mol. The molecule has 3 rings (SSSR count). The van der Waals surface area contributed by atoms with Gasteiger partial charge in [-0.2, -0.15) is 5.10 Å². The molecular formula is C22H25BrFN3O6. The van der Waals surface area contributed by atoms with E-state index in [0.717, 1.165) is 6.07 Å². The van der Waals surface area contributed by atoms with E-state index >= 15 is 0 Å². The summed E-state index contributed by atoms with van der Waals surface area (Å²) < 4.78 is 30.7. The Labute approximate surface area is 198 Å². The molecule has 33 heavy (non-hydrogen) atoms. The first-order valence-corrected chi connectivity index (χ1v) is 11.1. The highest BCUT2D eigenvalue weighted by atomic mass is 79.9. The maximum atomic E-state index is 14.2. The van der Waals surface area contributed by atoms with Gasteiger partial charge in [0.25, 0.3) is 5.56 Å². The third-order valence-electron chi connectivity index (χ3n) is 4.90. The largest absolute Gasteiger partial charge is 0.487 e. The second-order valence-electron chi connectivity index (χ2n) is 8.51. The number of aromatic nitrogens is 2. The monoisotopic (exact) mass is 525 g/mol. The quantitative estimate of drug-likeness (QED) is 0.602. The number of esters is 1. The summed E-state index contributed by atoms with van der Waals surface area (Å²) in [5.74, 6) is -1.49. The topological polar surface area (TPSA) is 111 Å². The minimum absolute atomic E-state index is 0.0358. The highest BCUT2D eigenvalue weighted by Gasteiger charge is 2.31. The number of hydrogen-bond donors (Lipinski definition) is 1. The molecule has 1 aromatic heterocycles. The fraction of sp³-hybridized carbons (Fsp3) is 0.455. The lowest BCUT2D eigenvalue weighted by molar-refractivity contribution is 0.0125. The van der Waals surface area contributed by atoms with Crippen LogP contribution in [0.25, 0.3) is 11.1 Å². The minimum atomic E-state index is -0.814. The Bertz CT molecular complexity index is 1110. The van der Waals surface area contributed by atoms with Crippen LogP contribution in [0.2, 0.25) is 0 Å². The van der Waals surface area contributed by atoms with Crippen molar-refractivity contribution in [3.05, 3.63) is 44.5 Å². The van der Waals surface area contributed by atoms with Crippen LogP contribution in [0.1, 0.15) is 44.1 Å². The third-order valence-corrected chi connectivity index (χ3v) is 5.55. The van der Waals surface area contributed by atoms with Crippen LogP contribution in [0.15, 0.2) is 27.5 Å². The van der Waals surface area contributed by atoms with Crippen molar-refractivity contribution in [2.75, 3.05) is 20.2 Å². The van der Waals surface area contributed by atoms with E-state index in [1.165, 1.54) is 19.2 Å². The summed E-state index contributed by atoms with van der Waals surface area (Å²) in [5, 5.41) is 6.05. The first-order valence-electron chi connectivity index (χ1n) is 10.3. The molecule has 1 fully saturated rings. The van der Waals surface area contributed by atoms with Crippen molar-refractivity contribution in [3.63, 3.8) is 0 Å². The van der Waals surface area contributed by atoms with Crippen LogP contribution in [-0.2, 0) is 9.47 Å². The van der Waals surface area contributed by atoms with Crippen LogP contribution < -0.4 is 10.3 Å². The van der Waals surface area contributed by atoms with Crippen molar-refractivity contribution in [2.45, 2.75) is 45.3 Å². The van der Waals surface area contributed by atoms with Crippen LogP contribution in [0.5, 0.6) is 5.75 Å². The van der Waals surface area contributed by atoms with Gasteiger partial charge in [-0.1, -0.05) is 6.07 Å². The van der Waals surface area contributed by atoms with Crippen molar-refractivity contribution < 1.29 is 28.2 Å². The molecule has 0 aliphatic carbocycles. The number of aromatic amines is 1. The lowest BCUT2D eigenvalue weighted by Gasteiger charge is -2.33. The van der Waals surface area contributed by atoms with Gasteiger partial charge in [0, 0.05) is 25.9 Å². The van der Waals surface area contributed by atoms with Crippen molar-refractivity contribution in [3.8, 4) is 16.9 Å². The second-order valence-corrected chi connectivity index (χ2v) is 9.36. The number of methoxy groups -OCH3 is 1. The average molecular weight is 526 g/mol. The predicted octanol–water partition coefficient (Wildman–Crippen LogP) is 3.90. The standard InChI is InChI=1S/C22H25BrFN3O6/c1-22(2,3)33-21(30)27-9-7-13(8-10-27)32-18-16(12-5-6-14(23)15(24)11-12)19(28)26-25-17(18)20(29)31-4/h5-6,11,13H,7-10H2,1-4H3,(H,26,28). The minimum Gasteiger partial charge on any atom is -0.487 e. The van der Waals surface area contributed by atoms with Gasteiger partial charge in [-0.15, -0.1) is 0 Å². The first-order chi connectivity index (χ1) is 15.5. The summed E-state index contributed by atoms with van der Waals surface area (Å²) in [7, 11) is 1.18. The molecule has 1 amide bonds. The molecule has 0 spiro atoms. The summed E-state index contributed by atoms with van der Waals surface area (Å²) >= 11 is 3.08. The lowest BCUT2D eigenvalue weighted by Crippen LogP contribution is -2.44. The average Bonchev–Trinajstić information content (AvgIpc) is 2.75. The molecule has 11 heteroatoms. The fourth-order valence-electron chi connectivity index (χ4n) is 3.35. The Kier molecular flexibility index (Phi) is 7.41. The Morgan fingerprint density at radius 3 is 2.48 bits per heavy atom. The Morgan fingerprint density at radius 2 is 1.91 bits per heavy atom. The summed E-state index contributed by atoms with van der Waals surface area (Å²) in [6.07, 6.45) is 0.0245. The molecule has 1 saturated heterocycles. The highest BCUT2D eigenvalue weighted by molar-refractivity contribution is 9.10. The van der Waals surface area contributed by atoms with Crippen LogP contribution in [0.4, 0.5) is 9.18 Å². The fourth-order valence-corrected chi connectivity index (χ4v) is 3.59. The van der Waals surface area contributed by atoms with Gasteiger partial charge in [-0.3, -0.25) is 4.79 Å². The number of halogens is 2. The molecule has 9 nitrogen and oxygen atoms in total. The van der Waals surface area contributed by atoms with E-state index in [-0.39, 0.29) is 27.0 Å². The Morgan fingerprint density at radius 1 is 1.24 bits per heavy atom.